The van der Waals surface area contributed by atoms with Crippen LogP contribution in [0.5, 0.6) is 0 Å². The van der Waals surface area contributed by atoms with Crippen molar-refractivity contribution in [3.05, 3.63) is 24.3 Å². The topological polar surface area (TPSA) is 86.8 Å². The van der Waals surface area contributed by atoms with E-state index in [0.717, 1.165) is 17.0 Å². The first-order chi connectivity index (χ1) is 11.9. The lowest BCUT2D eigenvalue weighted by Crippen LogP contribution is -2.38. The summed E-state index contributed by atoms with van der Waals surface area (Å²) in [6.45, 7) is 3.76. The van der Waals surface area contributed by atoms with Crippen LogP contribution in [0.2, 0.25) is 0 Å². The van der Waals surface area contributed by atoms with Gasteiger partial charge in [-0.05, 0) is 24.6 Å². The van der Waals surface area contributed by atoms with Gasteiger partial charge in [0, 0.05) is 36.2 Å². The Balaban J connectivity index is 1.66. The highest BCUT2D eigenvalue weighted by molar-refractivity contribution is 6.08. The molecule has 132 valence electrons. The van der Waals surface area contributed by atoms with E-state index in [9.17, 15) is 19.2 Å². The first kappa shape index (κ1) is 17.1. The Morgan fingerprint density at radius 2 is 1.84 bits per heavy atom. The molecular weight excluding hydrogens is 322 g/mol. The molecule has 0 aromatic heterocycles. The second-order valence-corrected chi connectivity index (χ2v) is 6.59. The second-order valence-electron chi connectivity index (χ2n) is 6.59. The Morgan fingerprint density at radius 1 is 1.16 bits per heavy atom. The van der Waals surface area contributed by atoms with Gasteiger partial charge >= 0.3 is 0 Å². The van der Waals surface area contributed by atoms with Gasteiger partial charge in [0.15, 0.2) is 0 Å². The SMILES string of the molecule is C[C@@H]1C(=O)N(CC(=O)Nc2cccc(N3CCCC3=O)c2)C(=O)[C@H]1C. The highest BCUT2D eigenvalue weighted by Gasteiger charge is 2.42. The van der Waals surface area contributed by atoms with Crippen molar-refractivity contribution in [2.24, 2.45) is 11.8 Å². The Bertz CT molecular complexity index is 726. The normalized spacial score (nSPS) is 23.5. The van der Waals surface area contributed by atoms with Crippen LogP contribution in [0.1, 0.15) is 26.7 Å². The third kappa shape index (κ3) is 3.26. The molecule has 0 unspecified atom stereocenters. The molecule has 2 aliphatic rings. The largest absolute Gasteiger partial charge is 0.324 e. The molecule has 7 heteroatoms. The quantitative estimate of drug-likeness (QED) is 0.837. The van der Waals surface area contributed by atoms with Crippen molar-refractivity contribution in [2.45, 2.75) is 26.7 Å². The number of hydrogen-bond acceptors (Lipinski definition) is 4. The fourth-order valence-electron chi connectivity index (χ4n) is 3.20. The summed E-state index contributed by atoms with van der Waals surface area (Å²) >= 11 is 0. The molecule has 1 aromatic rings. The van der Waals surface area contributed by atoms with Gasteiger partial charge in [-0.15, -0.1) is 0 Å². The predicted molar refractivity (Wildman–Crippen MR) is 91.7 cm³/mol. The van der Waals surface area contributed by atoms with Crippen molar-refractivity contribution in [1.82, 2.24) is 4.90 Å². The number of rotatable bonds is 4. The number of nitrogens with zero attached hydrogens (tertiary/aromatic N) is 2. The molecule has 4 amide bonds. The van der Waals surface area contributed by atoms with E-state index in [1.807, 2.05) is 6.07 Å². The van der Waals surface area contributed by atoms with Crippen molar-refractivity contribution in [1.29, 1.82) is 0 Å². The van der Waals surface area contributed by atoms with Crippen LogP contribution in [-0.2, 0) is 19.2 Å². The zero-order chi connectivity index (χ0) is 18.1. The summed E-state index contributed by atoms with van der Waals surface area (Å²) in [7, 11) is 0. The smallest absolute Gasteiger partial charge is 0.244 e. The monoisotopic (exact) mass is 343 g/mol. The van der Waals surface area contributed by atoms with Crippen molar-refractivity contribution < 1.29 is 19.2 Å². The number of likely N-dealkylation sites (tertiary alicyclic amines) is 1. The van der Waals surface area contributed by atoms with E-state index >= 15 is 0 Å². The molecule has 2 aliphatic heterocycles. The van der Waals surface area contributed by atoms with E-state index in [-0.39, 0.29) is 24.3 Å². The number of amides is 4. The van der Waals surface area contributed by atoms with E-state index < -0.39 is 17.7 Å². The van der Waals surface area contributed by atoms with Crippen LogP contribution in [0.25, 0.3) is 0 Å². The Kier molecular flexibility index (Phi) is 4.57. The molecule has 0 radical (unpaired) electrons. The molecule has 25 heavy (non-hydrogen) atoms. The van der Waals surface area contributed by atoms with Crippen LogP contribution in [0.15, 0.2) is 24.3 Å². The number of carbonyl (C=O) groups excluding carboxylic acids is 4. The standard InChI is InChI=1S/C18H21N3O4/c1-11-12(2)18(25)21(17(11)24)10-15(22)19-13-5-3-6-14(9-13)20-8-4-7-16(20)23/h3,5-6,9,11-12H,4,7-8,10H2,1-2H3,(H,19,22)/t11-,12-/m0/s1. The molecule has 2 saturated heterocycles. The van der Waals surface area contributed by atoms with Crippen LogP contribution in [0, 0.1) is 11.8 Å². The maximum absolute atomic E-state index is 12.2. The first-order valence-electron chi connectivity index (χ1n) is 8.44. The molecule has 2 atom stereocenters. The first-order valence-corrected chi connectivity index (χ1v) is 8.44. The summed E-state index contributed by atoms with van der Waals surface area (Å²) in [5.41, 5.74) is 1.26. The van der Waals surface area contributed by atoms with Gasteiger partial charge in [0.1, 0.15) is 6.54 Å². The maximum Gasteiger partial charge on any atom is 0.244 e. The summed E-state index contributed by atoms with van der Waals surface area (Å²) in [6.07, 6.45) is 1.36. The van der Waals surface area contributed by atoms with E-state index in [1.165, 1.54) is 0 Å². The molecule has 0 bridgehead atoms. The number of nitrogens with one attached hydrogen (secondary N) is 1. The van der Waals surface area contributed by atoms with Gasteiger partial charge in [0.2, 0.25) is 23.6 Å². The van der Waals surface area contributed by atoms with E-state index in [4.69, 9.17) is 0 Å². The third-order valence-corrected chi connectivity index (χ3v) is 4.88. The Morgan fingerprint density at radius 3 is 2.44 bits per heavy atom. The van der Waals surface area contributed by atoms with Crippen LogP contribution < -0.4 is 10.2 Å². The van der Waals surface area contributed by atoms with Crippen LogP contribution in [0.4, 0.5) is 11.4 Å². The second kappa shape index (κ2) is 6.66. The van der Waals surface area contributed by atoms with Crippen LogP contribution in [-0.4, -0.2) is 41.6 Å². The number of benzene rings is 1. The fraction of sp³-hybridized carbons (Fsp3) is 0.444. The number of imide groups is 1. The van der Waals surface area contributed by atoms with Crippen molar-refractivity contribution in [3.8, 4) is 0 Å². The molecule has 2 fully saturated rings. The van der Waals surface area contributed by atoms with Crippen LogP contribution >= 0.6 is 0 Å². The van der Waals surface area contributed by atoms with Gasteiger partial charge in [-0.1, -0.05) is 19.9 Å². The summed E-state index contributed by atoms with van der Waals surface area (Å²) in [5, 5.41) is 2.70. The fourth-order valence-corrected chi connectivity index (χ4v) is 3.20. The van der Waals surface area contributed by atoms with Crippen molar-refractivity contribution in [2.75, 3.05) is 23.3 Å². The van der Waals surface area contributed by atoms with Crippen molar-refractivity contribution in [3.63, 3.8) is 0 Å². The Labute approximate surface area is 146 Å². The van der Waals surface area contributed by atoms with Crippen molar-refractivity contribution >= 4 is 35.0 Å². The van der Waals surface area contributed by atoms with Gasteiger partial charge in [-0.3, -0.25) is 24.1 Å². The summed E-state index contributed by atoms with van der Waals surface area (Å²) in [5.74, 6) is -1.80. The lowest BCUT2D eigenvalue weighted by Gasteiger charge is -2.18. The molecule has 3 rings (SSSR count). The lowest BCUT2D eigenvalue weighted by molar-refractivity contribution is -0.142. The molecule has 0 aliphatic carbocycles. The van der Waals surface area contributed by atoms with Gasteiger partial charge < -0.3 is 10.2 Å². The summed E-state index contributed by atoms with van der Waals surface area (Å²) in [4.78, 5) is 50.9. The van der Waals surface area contributed by atoms with Crippen LogP contribution in [0.3, 0.4) is 0 Å². The Hall–Kier alpha value is -2.70. The minimum atomic E-state index is -0.437. The third-order valence-electron chi connectivity index (χ3n) is 4.88. The average Bonchev–Trinajstić information content (AvgIpc) is 3.09. The molecule has 2 heterocycles. The lowest BCUT2D eigenvalue weighted by atomic mass is 10.00. The molecule has 1 N–H and O–H groups in total. The molecule has 7 nitrogen and oxygen atoms in total. The van der Waals surface area contributed by atoms with E-state index in [2.05, 4.69) is 5.32 Å². The maximum atomic E-state index is 12.2. The average molecular weight is 343 g/mol. The highest BCUT2D eigenvalue weighted by atomic mass is 16.2. The zero-order valence-electron chi connectivity index (χ0n) is 14.3. The number of carbonyl (C=O) groups is 4. The van der Waals surface area contributed by atoms with Gasteiger partial charge in [0.25, 0.3) is 0 Å². The minimum absolute atomic E-state index is 0.0692. The minimum Gasteiger partial charge on any atom is -0.324 e. The molecule has 0 spiro atoms. The highest BCUT2D eigenvalue weighted by Crippen LogP contribution is 2.26. The zero-order valence-corrected chi connectivity index (χ0v) is 14.3. The van der Waals surface area contributed by atoms with Gasteiger partial charge in [0.05, 0.1) is 0 Å². The summed E-state index contributed by atoms with van der Waals surface area (Å²) in [6, 6.07) is 7.00. The predicted octanol–water partition coefficient (Wildman–Crippen LogP) is 1.39. The van der Waals surface area contributed by atoms with Gasteiger partial charge in [-0.2, -0.15) is 0 Å². The molecular formula is C18H21N3O4. The van der Waals surface area contributed by atoms with Gasteiger partial charge in [-0.25, -0.2) is 0 Å². The number of anilines is 2. The number of hydrogen-bond donors (Lipinski definition) is 1. The van der Waals surface area contributed by atoms with E-state index in [1.54, 1.807) is 36.9 Å². The van der Waals surface area contributed by atoms with E-state index in [0.29, 0.717) is 18.7 Å². The molecule has 0 saturated carbocycles. The summed E-state index contributed by atoms with van der Waals surface area (Å²) < 4.78 is 0. The molecule has 1 aromatic carbocycles.